The van der Waals surface area contributed by atoms with E-state index >= 15 is 0 Å². The Morgan fingerprint density at radius 2 is 1.77 bits per heavy atom. The van der Waals surface area contributed by atoms with Gasteiger partial charge in [0, 0.05) is 26.6 Å². The number of aryl methyl sites for hydroxylation is 1. The summed E-state index contributed by atoms with van der Waals surface area (Å²) in [4.78, 5) is 25.3. The minimum Gasteiger partial charge on any atom is -0.354 e. The third-order valence-electron chi connectivity index (χ3n) is 3.67. The van der Waals surface area contributed by atoms with Crippen LogP contribution in [0.2, 0.25) is 0 Å². The molecule has 1 aromatic rings. The molecule has 0 unspecified atom stereocenters. The van der Waals surface area contributed by atoms with Gasteiger partial charge in [0.25, 0.3) is 0 Å². The van der Waals surface area contributed by atoms with E-state index in [0.717, 1.165) is 31.4 Å². The van der Waals surface area contributed by atoms with Crippen LogP contribution in [0.3, 0.4) is 0 Å². The van der Waals surface area contributed by atoms with Crippen LogP contribution in [0.4, 0.5) is 0 Å². The number of amides is 2. The fourth-order valence-electron chi connectivity index (χ4n) is 2.26. The molecule has 0 aliphatic heterocycles. The predicted molar refractivity (Wildman–Crippen MR) is 89.7 cm³/mol. The van der Waals surface area contributed by atoms with Crippen LogP contribution in [0, 0.1) is 6.92 Å². The number of unbranched alkanes of at least 4 members (excludes halogenated alkanes) is 2. The first-order chi connectivity index (χ1) is 10.5. The first-order valence-electron chi connectivity index (χ1n) is 8.10. The molecule has 0 aromatic heterocycles. The lowest BCUT2D eigenvalue weighted by Crippen LogP contribution is -2.38. The zero-order valence-electron chi connectivity index (χ0n) is 14.0. The van der Waals surface area contributed by atoms with Gasteiger partial charge in [-0.1, -0.05) is 49.6 Å². The molecule has 4 heteroatoms. The number of benzene rings is 1. The zero-order chi connectivity index (χ0) is 16.4. The molecule has 22 heavy (non-hydrogen) atoms. The third kappa shape index (κ3) is 7.25. The molecular weight excluding hydrogens is 276 g/mol. The molecule has 0 atom stereocenters. The van der Waals surface area contributed by atoms with Gasteiger partial charge in [-0.15, -0.1) is 0 Å². The van der Waals surface area contributed by atoms with Crippen molar-refractivity contribution in [2.75, 3.05) is 19.6 Å². The molecule has 0 aliphatic carbocycles. The molecule has 1 rings (SSSR count). The summed E-state index contributed by atoms with van der Waals surface area (Å²) in [7, 11) is 0. The lowest BCUT2D eigenvalue weighted by Gasteiger charge is -2.21. The summed E-state index contributed by atoms with van der Waals surface area (Å²) in [5.74, 6) is 0.0739. The average Bonchev–Trinajstić information content (AvgIpc) is 2.48. The van der Waals surface area contributed by atoms with Gasteiger partial charge in [-0.05, 0) is 18.9 Å². The van der Waals surface area contributed by atoms with Gasteiger partial charge in [-0.25, -0.2) is 0 Å². The Morgan fingerprint density at radius 1 is 1.09 bits per heavy atom. The first-order valence-corrected chi connectivity index (χ1v) is 8.10. The molecule has 0 heterocycles. The minimum absolute atomic E-state index is 0.000846. The number of carbonyl (C=O) groups excluding carboxylic acids is 2. The van der Waals surface area contributed by atoms with E-state index in [1.54, 1.807) is 6.92 Å². The van der Waals surface area contributed by atoms with Crippen molar-refractivity contribution in [3.63, 3.8) is 0 Å². The molecule has 0 radical (unpaired) electrons. The van der Waals surface area contributed by atoms with Crippen molar-refractivity contribution in [3.8, 4) is 0 Å². The third-order valence-corrected chi connectivity index (χ3v) is 3.67. The second kappa shape index (κ2) is 9.98. The summed E-state index contributed by atoms with van der Waals surface area (Å²) in [5.41, 5.74) is 2.20. The van der Waals surface area contributed by atoms with Crippen LogP contribution in [0.15, 0.2) is 24.3 Å². The van der Waals surface area contributed by atoms with E-state index in [1.807, 2.05) is 36.1 Å². The van der Waals surface area contributed by atoms with E-state index in [4.69, 9.17) is 0 Å². The van der Waals surface area contributed by atoms with Gasteiger partial charge in [0.1, 0.15) is 0 Å². The molecule has 4 nitrogen and oxygen atoms in total. The summed E-state index contributed by atoms with van der Waals surface area (Å²) < 4.78 is 0. The maximum absolute atomic E-state index is 11.9. The fourth-order valence-corrected chi connectivity index (χ4v) is 2.26. The Hall–Kier alpha value is -1.84. The van der Waals surface area contributed by atoms with Gasteiger partial charge in [0.05, 0.1) is 6.42 Å². The van der Waals surface area contributed by atoms with E-state index in [-0.39, 0.29) is 11.8 Å². The minimum atomic E-state index is 0.000846. The van der Waals surface area contributed by atoms with Crippen molar-refractivity contribution in [2.45, 2.75) is 46.5 Å². The van der Waals surface area contributed by atoms with Gasteiger partial charge in [0.15, 0.2) is 0 Å². The highest BCUT2D eigenvalue weighted by molar-refractivity contribution is 5.78. The molecule has 1 aromatic carbocycles. The number of nitrogens with zero attached hydrogens (tertiary/aromatic N) is 1. The van der Waals surface area contributed by atoms with Crippen molar-refractivity contribution < 1.29 is 9.59 Å². The highest BCUT2D eigenvalue weighted by atomic mass is 16.2. The van der Waals surface area contributed by atoms with E-state index in [2.05, 4.69) is 12.2 Å². The Morgan fingerprint density at radius 3 is 2.36 bits per heavy atom. The highest BCUT2D eigenvalue weighted by Gasteiger charge is 2.09. The molecule has 0 fully saturated rings. The van der Waals surface area contributed by atoms with Gasteiger partial charge >= 0.3 is 0 Å². The highest BCUT2D eigenvalue weighted by Crippen LogP contribution is 2.03. The molecule has 2 amide bonds. The van der Waals surface area contributed by atoms with Crippen molar-refractivity contribution in [1.29, 1.82) is 0 Å². The lowest BCUT2D eigenvalue weighted by molar-refractivity contribution is -0.129. The Kier molecular flexibility index (Phi) is 8.26. The van der Waals surface area contributed by atoms with Crippen LogP contribution < -0.4 is 5.32 Å². The van der Waals surface area contributed by atoms with Crippen LogP contribution in [0.25, 0.3) is 0 Å². The standard InChI is InChI=1S/C18H28N2O2/c1-4-5-6-12-20(16(3)21)13-11-19-18(22)14-17-9-7-15(2)8-10-17/h7-10H,4-6,11-14H2,1-3H3,(H,19,22). The van der Waals surface area contributed by atoms with E-state index in [0.29, 0.717) is 19.5 Å². The van der Waals surface area contributed by atoms with Gasteiger partial charge < -0.3 is 10.2 Å². The molecule has 0 bridgehead atoms. The largest absolute Gasteiger partial charge is 0.354 e. The van der Waals surface area contributed by atoms with Gasteiger partial charge in [-0.2, -0.15) is 0 Å². The summed E-state index contributed by atoms with van der Waals surface area (Å²) in [6.45, 7) is 7.62. The number of hydrogen-bond acceptors (Lipinski definition) is 2. The quantitative estimate of drug-likeness (QED) is 0.713. The Labute approximate surface area is 133 Å². The van der Waals surface area contributed by atoms with Crippen molar-refractivity contribution >= 4 is 11.8 Å². The summed E-state index contributed by atoms with van der Waals surface area (Å²) in [6, 6.07) is 7.96. The first kappa shape index (κ1) is 18.2. The number of rotatable bonds is 9. The SMILES string of the molecule is CCCCCN(CCNC(=O)Cc1ccc(C)cc1)C(C)=O. The maximum atomic E-state index is 11.9. The molecule has 0 saturated carbocycles. The Balaban J connectivity index is 2.30. The molecule has 0 spiro atoms. The smallest absolute Gasteiger partial charge is 0.224 e. The predicted octanol–water partition coefficient (Wildman–Crippen LogP) is 2.69. The molecule has 0 aliphatic rings. The fraction of sp³-hybridized carbons (Fsp3) is 0.556. The monoisotopic (exact) mass is 304 g/mol. The van der Waals surface area contributed by atoms with Crippen molar-refractivity contribution in [3.05, 3.63) is 35.4 Å². The second-order valence-corrected chi connectivity index (χ2v) is 5.73. The van der Waals surface area contributed by atoms with Crippen molar-refractivity contribution in [1.82, 2.24) is 10.2 Å². The van der Waals surface area contributed by atoms with Gasteiger partial charge in [-0.3, -0.25) is 9.59 Å². The Bertz CT molecular complexity index is 468. The van der Waals surface area contributed by atoms with Crippen molar-refractivity contribution in [2.24, 2.45) is 0 Å². The van der Waals surface area contributed by atoms with Crippen LogP contribution in [-0.2, 0) is 16.0 Å². The van der Waals surface area contributed by atoms with Gasteiger partial charge in [0.2, 0.25) is 11.8 Å². The van der Waals surface area contributed by atoms with E-state index in [9.17, 15) is 9.59 Å². The molecule has 1 N–H and O–H groups in total. The number of nitrogens with one attached hydrogen (secondary N) is 1. The molecule has 122 valence electrons. The zero-order valence-corrected chi connectivity index (χ0v) is 14.0. The molecular formula is C18H28N2O2. The lowest BCUT2D eigenvalue weighted by atomic mass is 10.1. The number of carbonyl (C=O) groups is 2. The topological polar surface area (TPSA) is 49.4 Å². The van der Waals surface area contributed by atoms with Crippen LogP contribution in [0.5, 0.6) is 0 Å². The second-order valence-electron chi connectivity index (χ2n) is 5.73. The van der Waals surface area contributed by atoms with E-state index < -0.39 is 0 Å². The van der Waals surface area contributed by atoms with E-state index in [1.165, 1.54) is 5.56 Å². The number of hydrogen-bond donors (Lipinski definition) is 1. The van der Waals surface area contributed by atoms with Crippen LogP contribution in [-0.4, -0.2) is 36.3 Å². The molecule has 0 saturated heterocycles. The van der Waals surface area contributed by atoms with Crippen LogP contribution in [0.1, 0.15) is 44.2 Å². The maximum Gasteiger partial charge on any atom is 0.224 e. The summed E-state index contributed by atoms with van der Waals surface area (Å²) in [6.07, 6.45) is 3.67. The summed E-state index contributed by atoms with van der Waals surface area (Å²) >= 11 is 0. The van der Waals surface area contributed by atoms with Crippen LogP contribution >= 0.6 is 0 Å². The normalized spacial score (nSPS) is 10.3. The average molecular weight is 304 g/mol. The summed E-state index contributed by atoms with van der Waals surface area (Å²) in [5, 5.41) is 2.89.